The molecule has 0 amide bonds. The summed E-state index contributed by atoms with van der Waals surface area (Å²) in [7, 11) is 1.81. The number of benzene rings is 2. The Kier molecular flexibility index (Phi) is 4.39. The number of methoxy groups -OCH3 is 1. The molecule has 126 valence electrons. The molecule has 2 aliphatic rings. The molecule has 4 rings (SSSR count). The largest absolute Gasteiger partial charge is 0.372 e. The predicted molar refractivity (Wildman–Crippen MR) is 103 cm³/mol. The van der Waals surface area contributed by atoms with Gasteiger partial charge in [0.2, 0.25) is 0 Å². The number of hydrogen-bond donors (Lipinski definition) is 1. The minimum atomic E-state index is -0.323. The van der Waals surface area contributed by atoms with Crippen molar-refractivity contribution in [2.45, 2.75) is 24.6 Å². The van der Waals surface area contributed by atoms with Crippen LogP contribution < -0.4 is 5.32 Å². The van der Waals surface area contributed by atoms with Gasteiger partial charge >= 0.3 is 0 Å². The van der Waals surface area contributed by atoms with Gasteiger partial charge in [0.05, 0.1) is 6.04 Å². The van der Waals surface area contributed by atoms with Gasteiger partial charge in [0.25, 0.3) is 0 Å². The molecule has 0 spiro atoms. The smallest absolute Gasteiger partial charge is 0.109 e. The highest BCUT2D eigenvalue weighted by atomic mass is 16.5. The van der Waals surface area contributed by atoms with Gasteiger partial charge in [-0.2, -0.15) is 0 Å². The van der Waals surface area contributed by atoms with Crippen molar-refractivity contribution in [3.8, 4) is 0 Å². The van der Waals surface area contributed by atoms with Crippen molar-refractivity contribution in [2.24, 2.45) is 0 Å². The van der Waals surface area contributed by atoms with E-state index in [4.69, 9.17) is 4.74 Å². The zero-order valence-corrected chi connectivity index (χ0v) is 14.5. The number of rotatable bonds is 4. The molecule has 0 saturated heterocycles. The van der Waals surface area contributed by atoms with E-state index in [9.17, 15) is 0 Å². The molecule has 1 N–H and O–H groups in total. The standard InChI is InChI=1S/C23H23NO/c1-25-23(22-21-10-6-5-9-20(21)17-24-22)15-13-19(14-16-23)12-11-18-7-3-2-4-8-18/h2-15,22,24H,16-17H2,1H3. The highest BCUT2D eigenvalue weighted by Crippen LogP contribution is 2.41. The molecule has 0 saturated carbocycles. The van der Waals surface area contributed by atoms with Gasteiger partial charge in [0, 0.05) is 20.1 Å². The molecule has 0 bridgehead atoms. The Bertz CT molecular complexity index is 834. The molecule has 2 aromatic carbocycles. The van der Waals surface area contributed by atoms with E-state index in [1.807, 2.05) is 13.2 Å². The lowest BCUT2D eigenvalue weighted by Gasteiger charge is -2.37. The molecule has 2 unspecified atom stereocenters. The number of nitrogens with one attached hydrogen (secondary N) is 1. The fraction of sp³-hybridized carbons (Fsp3) is 0.217. The number of hydrogen-bond acceptors (Lipinski definition) is 2. The molecule has 0 aromatic heterocycles. The van der Waals surface area contributed by atoms with E-state index in [1.54, 1.807) is 0 Å². The molecule has 1 aliphatic carbocycles. The van der Waals surface area contributed by atoms with Gasteiger partial charge in [-0.3, -0.25) is 0 Å². The molecule has 2 aromatic rings. The number of allylic oxidation sites excluding steroid dienone is 3. The molecular weight excluding hydrogens is 306 g/mol. The van der Waals surface area contributed by atoms with E-state index < -0.39 is 0 Å². The Labute approximate surface area is 149 Å². The van der Waals surface area contributed by atoms with Crippen LogP contribution in [-0.2, 0) is 11.3 Å². The van der Waals surface area contributed by atoms with Crippen molar-refractivity contribution in [3.05, 3.63) is 101 Å². The summed E-state index contributed by atoms with van der Waals surface area (Å²) < 4.78 is 6.01. The van der Waals surface area contributed by atoms with Gasteiger partial charge in [-0.05, 0) is 22.3 Å². The van der Waals surface area contributed by atoms with E-state index in [0.717, 1.165) is 13.0 Å². The van der Waals surface area contributed by atoms with Gasteiger partial charge in [0.1, 0.15) is 5.60 Å². The predicted octanol–water partition coefficient (Wildman–Crippen LogP) is 4.82. The maximum atomic E-state index is 6.01. The lowest BCUT2D eigenvalue weighted by Crippen LogP contribution is -2.41. The van der Waals surface area contributed by atoms with E-state index in [-0.39, 0.29) is 11.6 Å². The molecular formula is C23H23NO. The third kappa shape index (κ3) is 3.11. The average Bonchev–Trinajstić information content (AvgIpc) is 3.12. The van der Waals surface area contributed by atoms with Crippen molar-refractivity contribution < 1.29 is 4.74 Å². The first kappa shape index (κ1) is 16.1. The van der Waals surface area contributed by atoms with Crippen LogP contribution in [0.4, 0.5) is 0 Å². The summed E-state index contributed by atoms with van der Waals surface area (Å²) in [5.41, 5.74) is 4.84. The monoisotopic (exact) mass is 329 g/mol. The summed E-state index contributed by atoms with van der Waals surface area (Å²) >= 11 is 0. The summed E-state index contributed by atoms with van der Waals surface area (Å²) in [4.78, 5) is 0. The second kappa shape index (κ2) is 6.83. The molecule has 2 nitrogen and oxygen atoms in total. The van der Waals surface area contributed by atoms with Crippen molar-refractivity contribution in [1.82, 2.24) is 5.32 Å². The number of ether oxygens (including phenoxy) is 1. The second-order valence-corrected chi connectivity index (χ2v) is 6.66. The van der Waals surface area contributed by atoms with Gasteiger partial charge in [0.15, 0.2) is 0 Å². The highest BCUT2D eigenvalue weighted by molar-refractivity contribution is 5.55. The molecule has 2 heteroatoms. The summed E-state index contributed by atoms with van der Waals surface area (Å²) in [6.45, 7) is 0.907. The average molecular weight is 329 g/mol. The van der Waals surface area contributed by atoms with Crippen molar-refractivity contribution >= 4 is 6.08 Å². The van der Waals surface area contributed by atoms with Crippen LogP contribution in [0, 0.1) is 0 Å². The molecule has 2 atom stereocenters. The van der Waals surface area contributed by atoms with Crippen LogP contribution in [0.3, 0.4) is 0 Å². The summed E-state index contributed by atoms with van der Waals surface area (Å²) in [5.74, 6) is 0. The van der Waals surface area contributed by atoms with Crippen LogP contribution in [0.2, 0.25) is 0 Å². The fourth-order valence-electron chi connectivity index (χ4n) is 3.75. The van der Waals surface area contributed by atoms with Gasteiger partial charge in [-0.25, -0.2) is 0 Å². The summed E-state index contributed by atoms with van der Waals surface area (Å²) in [6, 6.07) is 19.2. The first-order valence-electron chi connectivity index (χ1n) is 8.80. The lowest BCUT2D eigenvalue weighted by molar-refractivity contribution is 0.00264. The van der Waals surface area contributed by atoms with Crippen molar-refractivity contribution in [2.75, 3.05) is 7.11 Å². The Morgan fingerprint density at radius 2 is 1.84 bits per heavy atom. The van der Waals surface area contributed by atoms with E-state index >= 15 is 0 Å². The van der Waals surface area contributed by atoms with E-state index in [1.165, 1.54) is 22.3 Å². The van der Waals surface area contributed by atoms with Crippen molar-refractivity contribution in [1.29, 1.82) is 0 Å². The Morgan fingerprint density at radius 1 is 1.04 bits per heavy atom. The van der Waals surface area contributed by atoms with E-state index in [2.05, 4.69) is 84.2 Å². The number of fused-ring (bicyclic) bond motifs is 1. The molecule has 1 aliphatic heterocycles. The quantitative estimate of drug-likeness (QED) is 0.868. The normalized spacial score (nSPS) is 25.2. The third-order valence-electron chi connectivity index (χ3n) is 5.21. The van der Waals surface area contributed by atoms with Gasteiger partial charge in [-0.15, -0.1) is 0 Å². The molecule has 25 heavy (non-hydrogen) atoms. The van der Waals surface area contributed by atoms with E-state index in [0.29, 0.717) is 0 Å². The zero-order valence-electron chi connectivity index (χ0n) is 14.5. The Balaban J connectivity index is 1.54. The van der Waals surface area contributed by atoms with Crippen LogP contribution in [-0.4, -0.2) is 12.7 Å². The first-order chi connectivity index (χ1) is 12.3. The zero-order chi connectivity index (χ0) is 17.1. The maximum absolute atomic E-state index is 6.01. The van der Waals surface area contributed by atoms with Crippen LogP contribution in [0.5, 0.6) is 0 Å². The lowest BCUT2D eigenvalue weighted by atomic mass is 9.82. The highest BCUT2D eigenvalue weighted by Gasteiger charge is 2.41. The van der Waals surface area contributed by atoms with Crippen molar-refractivity contribution in [3.63, 3.8) is 0 Å². The van der Waals surface area contributed by atoms with Crippen LogP contribution >= 0.6 is 0 Å². The first-order valence-corrected chi connectivity index (χ1v) is 8.80. The minimum Gasteiger partial charge on any atom is -0.372 e. The Morgan fingerprint density at radius 3 is 2.60 bits per heavy atom. The molecule has 0 fully saturated rings. The van der Waals surface area contributed by atoms with Crippen LogP contribution in [0.25, 0.3) is 6.08 Å². The molecule has 1 heterocycles. The summed E-state index contributed by atoms with van der Waals surface area (Å²) in [5, 5.41) is 3.63. The summed E-state index contributed by atoms with van der Waals surface area (Å²) in [6.07, 6.45) is 11.8. The second-order valence-electron chi connectivity index (χ2n) is 6.66. The van der Waals surface area contributed by atoms with Gasteiger partial charge < -0.3 is 10.1 Å². The SMILES string of the molecule is COC1(C2NCc3ccccc32)C=CC(C=Cc2ccccc2)=CC1. The van der Waals surface area contributed by atoms with Gasteiger partial charge in [-0.1, -0.05) is 85.0 Å². The molecule has 0 radical (unpaired) electrons. The third-order valence-corrected chi connectivity index (χ3v) is 5.21. The maximum Gasteiger partial charge on any atom is 0.109 e. The minimum absolute atomic E-state index is 0.195. The fourth-order valence-corrected chi connectivity index (χ4v) is 3.75. The van der Waals surface area contributed by atoms with Crippen LogP contribution in [0.15, 0.2) is 84.5 Å². The topological polar surface area (TPSA) is 21.3 Å². The Hall–Kier alpha value is -2.42. The van der Waals surface area contributed by atoms with Crippen LogP contribution in [0.1, 0.15) is 29.2 Å².